The van der Waals surface area contributed by atoms with Crippen molar-refractivity contribution in [2.75, 3.05) is 23.3 Å². The van der Waals surface area contributed by atoms with Crippen molar-refractivity contribution in [3.05, 3.63) is 16.9 Å². The summed E-state index contributed by atoms with van der Waals surface area (Å²) < 4.78 is 6.22. The van der Waals surface area contributed by atoms with Crippen LogP contribution < -0.4 is 15.5 Å². The van der Waals surface area contributed by atoms with E-state index in [4.69, 9.17) is 4.74 Å². The van der Waals surface area contributed by atoms with E-state index in [2.05, 4.69) is 41.4 Å². The van der Waals surface area contributed by atoms with Crippen molar-refractivity contribution in [3.8, 4) is 0 Å². The lowest BCUT2D eigenvalue weighted by Crippen LogP contribution is -2.49. The van der Waals surface area contributed by atoms with E-state index in [1.165, 1.54) is 6.92 Å². The standard InChI is InChI=1S/C19H26BrN5O3/c1-11(26)23-14-9-22-17-15(14)16(13(20)8-21-17)25-7-5-6-12(10-25)24-18(27)28-19(2,3)4/h8-9,12H,5-7,10H2,1-4H3,(H,21,22)(H,23,26)(H,24,27). The molecule has 3 heterocycles. The molecule has 0 saturated carbocycles. The third-order valence-electron chi connectivity index (χ3n) is 4.40. The van der Waals surface area contributed by atoms with Gasteiger partial charge in [0.05, 0.1) is 21.2 Å². The molecule has 28 heavy (non-hydrogen) atoms. The minimum Gasteiger partial charge on any atom is -0.444 e. The molecule has 2 aromatic heterocycles. The van der Waals surface area contributed by atoms with E-state index in [0.29, 0.717) is 17.9 Å². The summed E-state index contributed by atoms with van der Waals surface area (Å²) in [6, 6.07) is -0.0260. The van der Waals surface area contributed by atoms with Crippen LogP contribution in [0.1, 0.15) is 40.5 Å². The first kappa shape index (κ1) is 20.4. The molecule has 0 spiro atoms. The maximum atomic E-state index is 12.2. The van der Waals surface area contributed by atoms with Crippen molar-refractivity contribution in [3.63, 3.8) is 0 Å². The van der Waals surface area contributed by atoms with Gasteiger partial charge in [0.2, 0.25) is 5.91 Å². The van der Waals surface area contributed by atoms with Crippen molar-refractivity contribution < 1.29 is 14.3 Å². The molecule has 1 saturated heterocycles. The summed E-state index contributed by atoms with van der Waals surface area (Å²) in [5, 5.41) is 6.68. The fourth-order valence-electron chi connectivity index (χ4n) is 3.43. The van der Waals surface area contributed by atoms with Crippen LogP contribution >= 0.6 is 15.9 Å². The van der Waals surface area contributed by atoms with Gasteiger partial charge in [0, 0.05) is 38.4 Å². The van der Waals surface area contributed by atoms with Gasteiger partial charge in [0.25, 0.3) is 0 Å². The van der Waals surface area contributed by atoms with Gasteiger partial charge in [-0.25, -0.2) is 9.78 Å². The van der Waals surface area contributed by atoms with Crippen LogP contribution in [-0.2, 0) is 9.53 Å². The summed E-state index contributed by atoms with van der Waals surface area (Å²) in [5.74, 6) is -0.144. The van der Waals surface area contributed by atoms with E-state index in [0.717, 1.165) is 34.9 Å². The molecule has 3 N–H and O–H groups in total. The molecular formula is C19H26BrN5O3. The summed E-state index contributed by atoms with van der Waals surface area (Å²) in [4.78, 5) is 33.5. The third-order valence-corrected chi connectivity index (χ3v) is 4.98. The lowest BCUT2D eigenvalue weighted by Gasteiger charge is -2.36. The summed E-state index contributed by atoms with van der Waals surface area (Å²) in [6.07, 6.45) is 4.90. The maximum absolute atomic E-state index is 12.2. The van der Waals surface area contributed by atoms with Crippen LogP contribution in [0, 0.1) is 0 Å². The lowest BCUT2D eigenvalue weighted by atomic mass is 10.0. The van der Waals surface area contributed by atoms with Crippen molar-refractivity contribution in [1.29, 1.82) is 0 Å². The number of alkyl carbamates (subject to hydrolysis) is 1. The zero-order chi connectivity index (χ0) is 20.5. The molecule has 0 aliphatic carbocycles. The van der Waals surface area contributed by atoms with Crippen LogP contribution in [-0.4, -0.2) is 46.7 Å². The van der Waals surface area contributed by atoms with Crippen molar-refractivity contribution >= 4 is 50.3 Å². The first-order chi connectivity index (χ1) is 13.1. The molecule has 1 fully saturated rings. The number of H-pyrrole nitrogens is 1. The van der Waals surface area contributed by atoms with Gasteiger partial charge in [-0.3, -0.25) is 4.79 Å². The maximum Gasteiger partial charge on any atom is 0.407 e. The number of carbonyl (C=O) groups excluding carboxylic acids is 2. The van der Waals surface area contributed by atoms with Crippen molar-refractivity contribution in [2.45, 2.75) is 52.2 Å². The van der Waals surface area contributed by atoms with Gasteiger partial charge in [-0.15, -0.1) is 0 Å². The Kier molecular flexibility index (Phi) is 5.83. The number of halogens is 1. The number of carbonyl (C=O) groups is 2. The fraction of sp³-hybridized carbons (Fsp3) is 0.526. The summed E-state index contributed by atoms with van der Waals surface area (Å²) in [7, 11) is 0. The topological polar surface area (TPSA) is 99.4 Å². The Morgan fingerprint density at radius 2 is 2.14 bits per heavy atom. The lowest BCUT2D eigenvalue weighted by molar-refractivity contribution is -0.114. The molecule has 9 heteroatoms. The Morgan fingerprint density at radius 3 is 2.82 bits per heavy atom. The van der Waals surface area contributed by atoms with E-state index in [9.17, 15) is 9.59 Å². The second-order valence-corrected chi connectivity index (χ2v) is 8.85. The van der Waals surface area contributed by atoms with Crippen LogP contribution in [0.3, 0.4) is 0 Å². The molecular weight excluding hydrogens is 426 g/mol. The second kappa shape index (κ2) is 7.98. The molecule has 2 amide bonds. The SMILES string of the molecule is CC(=O)Nc1c[nH]c2ncc(Br)c(N3CCCC(NC(=O)OC(C)(C)C)C3)c12. The number of piperidine rings is 1. The number of rotatable bonds is 3. The molecule has 2 aromatic rings. The number of nitrogens with one attached hydrogen (secondary N) is 3. The predicted molar refractivity (Wildman–Crippen MR) is 113 cm³/mol. The predicted octanol–water partition coefficient (Wildman–Crippen LogP) is 3.78. The van der Waals surface area contributed by atoms with E-state index in [1.807, 2.05) is 20.8 Å². The highest BCUT2D eigenvalue weighted by Gasteiger charge is 2.27. The number of fused-ring (bicyclic) bond motifs is 1. The Hall–Kier alpha value is -2.29. The molecule has 0 aromatic carbocycles. The van der Waals surface area contributed by atoms with E-state index in [-0.39, 0.29) is 11.9 Å². The first-order valence-electron chi connectivity index (χ1n) is 9.31. The van der Waals surface area contributed by atoms with Crippen LogP contribution in [0.25, 0.3) is 11.0 Å². The third kappa shape index (κ3) is 4.76. The largest absolute Gasteiger partial charge is 0.444 e. The first-order valence-corrected chi connectivity index (χ1v) is 10.1. The Labute approximate surface area is 172 Å². The molecule has 1 unspecified atom stereocenters. The van der Waals surface area contributed by atoms with Crippen LogP contribution in [0.5, 0.6) is 0 Å². The summed E-state index contributed by atoms with van der Waals surface area (Å²) >= 11 is 3.61. The highest BCUT2D eigenvalue weighted by atomic mass is 79.9. The van der Waals surface area contributed by atoms with Gasteiger partial charge in [-0.1, -0.05) is 0 Å². The fourth-order valence-corrected chi connectivity index (χ4v) is 3.98. The van der Waals surface area contributed by atoms with Crippen LogP contribution in [0.4, 0.5) is 16.2 Å². The monoisotopic (exact) mass is 451 g/mol. The van der Waals surface area contributed by atoms with E-state index >= 15 is 0 Å². The van der Waals surface area contributed by atoms with Crippen LogP contribution in [0.15, 0.2) is 16.9 Å². The normalized spacial score (nSPS) is 17.5. The minimum atomic E-state index is -0.531. The Bertz CT molecular complexity index is 890. The number of nitrogens with zero attached hydrogens (tertiary/aromatic N) is 2. The number of pyridine rings is 1. The zero-order valence-corrected chi connectivity index (χ0v) is 18.1. The van der Waals surface area contributed by atoms with Gasteiger partial charge in [0.15, 0.2) is 0 Å². The molecule has 0 bridgehead atoms. The number of aromatic nitrogens is 2. The highest BCUT2D eigenvalue weighted by Crippen LogP contribution is 2.38. The number of hydrogen-bond donors (Lipinski definition) is 3. The van der Waals surface area contributed by atoms with Gasteiger partial charge in [0.1, 0.15) is 11.2 Å². The number of aromatic amines is 1. The quantitative estimate of drug-likeness (QED) is 0.659. The molecule has 3 rings (SSSR count). The average Bonchev–Trinajstić information content (AvgIpc) is 2.95. The van der Waals surface area contributed by atoms with Crippen molar-refractivity contribution in [2.24, 2.45) is 0 Å². The minimum absolute atomic E-state index is 0.0260. The molecule has 8 nitrogen and oxygen atoms in total. The smallest absolute Gasteiger partial charge is 0.407 e. The van der Waals surface area contributed by atoms with Gasteiger partial charge in [-0.2, -0.15) is 0 Å². The zero-order valence-electron chi connectivity index (χ0n) is 16.6. The number of anilines is 2. The van der Waals surface area contributed by atoms with E-state index in [1.54, 1.807) is 12.4 Å². The van der Waals surface area contributed by atoms with Gasteiger partial charge in [-0.05, 0) is 49.5 Å². The Balaban J connectivity index is 1.85. The molecule has 1 atom stereocenters. The number of ether oxygens (including phenoxy) is 1. The number of hydrogen-bond acceptors (Lipinski definition) is 5. The Morgan fingerprint density at radius 1 is 1.39 bits per heavy atom. The molecule has 1 aliphatic heterocycles. The van der Waals surface area contributed by atoms with E-state index < -0.39 is 11.7 Å². The molecule has 0 radical (unpaired) electrons. The number of amides is 2. The van der Waals surface area contributed by atoms with Crippen molar-refractivity contribution in [1.82, 2.24) is 15.3 Å². The van der Waals surface area contributed by atoms with Gasteiger partial charge < -0.3 is 25.3 Å². The van der Waals surface area contributed by atoms with Crippen LogP contribution in [0.2, 0.25) is 0 Å². The highest BCUT2D eigenvalue weighted by molar-refractivity contribution is 9.10. The molecule has 1 aliphatic rings. The van der Waals surface area contributed by atoms with Gasteiger partial charge >= 0.3 is 6.09 Å². The summed E-state index contributed by atoms with van der Waals surface area (Å²) in [5.41, 5.74) is 1.81. The average molecular weight is 452 g/mol. The molecule has 152 valence electrons. The second-order valence-electron chi connectivity index (χ2n) is 7.99. The summed E-state index contributed by atoms with van der Waals surface area (Å²) in [6.45, 7) is 8.50.